The molecule has 0 amide bonds. The number of nitrogens with one attached hydrogen (secondary N) is 2. The molecular formula is C13H17N3O4S. The Labute approximate surface area is 122 Å². The van der Waals surface area contributed by atoms with E-state index in [1.54, 1.807) is 25.3 Å². The molecule has 2 aromatic rings. The number of aromatic amines is 1. The van der Waals surface area contributed by atoms with Crippen molar-refractivity contribution in [3.63, 3.8) is 0 Å². The van der Waals surface area contributed by atoms with Gasteiger partial charge in [-0.2, -0.15) is 0 Å². The van der Waals surface area contributed by atoms with Gasteiger partial charge in [0, 0.05) is 24.3 Å². The molecule has 0 radical (unpaired) electrons. The quantitative estimate of drug-likeness (QED) is 0.745. The van der Waals surface area contributed by atoms with Gasteiger partial charge >= 0.3 is 5.97 Å². The smallest absolute Gasteiger partial charge is 0.310 e. The van der Waals surface area contributed by atoms with Gasteiger partial charge in [0.15, 0.2) is 0 Å². The third kappa shape index (κ3) is 2.91. The zero-order valence-electron chi connectivity index (χ0n) is 11.8. The van der Waals surface area contributed by atoms with Crippen molar-refractivity contribution in [1.82, 2.24) is 14.7 Å². The Kier molecular flexibility index (Phi) is 4.02. The zero-order chi connectivity index (χ0) is 15.7. The standard InChI is InChI=1S/C13H17N3O4S/c1-3-13(2,12(17)18)8-16-21(19,20)10-7-15-11-9(10)5-4-6-14-11/h4-7,16H,3,8H2,1-2H3,(H,14,15)(H,17,18). The van der Waals surface area contributed by atoms with Gasteiger partial charge in [-0.15, -0.1) is 0 Å². The lowest BCUT2D eigenvalue weighted by molar-refractivity contribution is -0.147. The second-order valence-corrected chi connectivity index (χ2v) is 6.83. The molecule has 0 bridgehead atoms. The highest BCUT2D eigenvalue weighted by Crippen LogP contribution is 2.24. The molecule has 2 heterocycles. The minimum absolute atomic E-state index is 0.0643. The summed E-state index contributed by atoms with van der Waals surface area (Å²) in [7, 11) is -3.80. The Balaban J connectivity index is 2.29. The van der Waals surface area contributed by atoms with Gasteiger partial charge < -0.3 is 10.1 Å². The molecule has 0 saturated carbocycles. The maximum absolute atomic E-state index is 12.3. The summed E-state index contributed by atoms with van der Waals surface area (Å²) in [5, 5.41) is 9.65. The molecule has 0 saturated heterocycles. The van der Waals surface area contributed by atoms with Crippen molar-refractivity contribution >= 4 is 27.0 Å². The SMILES string of the molecule is CCC(C)(CNS(=O)(=O)c1c[nH]c2ncccc12)C(=O)O. The molecule has 1 atom stereocenters. The van der Waals surface area contributed by atoms with E-state index in [4.69, 9.17) is 0 Å². The topological polar surface area (TPSA) is 112 Å². The molecule has 8 heteroatoms. The number of hydrogen-bond acceptors (Lipinski definition) is 4. The Morgan fingerprint density at radius 2 is 2.24 bits per heavy atom. The molecule has 2 rings (SSSR count). The Morgan fingerprint density at radius 1 is 1.52 bits per heavy atom. The van der Waals surface area contributed by atoms with E-state index in [1.165, 1.54) is 13.1 Å². The van der Waals surface area contributed by atoms with Crippen molar-refractivity contribution < 1.29 is 18.3 Å². The lowest BCUT2D eigenvalue weighted by Crippen LogP contribution is -2.40. The van der Waals surface area contributed by atoms with Crippen LogP contribution in [0, 0.1) is 5.41 Å². The van der Waals surface area contributed by atoms with Crippen molar-refractivity contribution in [3.05, 3.63) is 24.5 Å². The number of aromatic nitrogens is 2. The van der Waals surface area contributed by atoms with Gasteiger partial charge in [0.1, 0.15) is 10.5 Å². The average Bonchev–Trinajstić information content (AvgIpc) is 2.89. The van der Waals surface area contributed by atoms with E-state index >= 15 is 0 Å². The summed E-state index contributed by atoms with van der Waals surface area (Å²) in [6.45, 7) is 3.04. The third-order valence-electron chi connectivity index (χ3n) is 3.65. The van der Waals surface area contributed by atoms with Crippen molar-refractivity contribution in [2.45, 2.75) is 25.2 Å². The monoisotopic (exact) mass is 311 g/mol. The van der Waals surface area contributed by atoms with Crippen molar-refractivity contribution in [1.29, 1.82) is 0 Å². The number of pyridine rings is 1. The van der Waals surface area contributed by atoms with Crippen LogP contribution in [0.15, 0.2) is 29.4 Å². The third-order valence-corrected chi connectivity index (χ3v) is 5.09. The van der Waals surface area contributed by atoms with Crippen LogP contribution in [0.3, 0.4) is 0 Å². The van der Waals surface area contributed by atoms with Crippen LogP contribution in [0.25, 0.3) is 11.0 Å². The second-order valence-electron chi connectivity index (χ2n) is 5.10. The van der Waals surface area contributed by atoms with Crippen LogP contribution in [0.2, 0.25) is 0 Å². The molecule has 0 aliphatic heterocycles. The van der Waals surface area contributed by atoms with E-state index < -0.39 is 21.4 Å². The number of H-pyrrole nitrogens is 1. The highest BCUT2D eigenvalue weighted by Gasteiger charge is 2.33. The molecular weight excluding hydrogens is 294 g/mol. The molecule has 3 N–H and O–H groups in total. The summed E-state index contributed by atoms with van der Waals surface area (Å²) in [6, 6.07) is 3.28. The van der Waals surface area contributed by atoms with Crippen molar-refractivity contribution in [3.8, 4) is 0 Å². The maximum Gasteiger partial charge on any atom is 0.310 e. The number of carboxylic acid groups (broad SMARTS) is 1. The molecule has 0 aliphatic rings. The van der Waals surface area contributed by atoms with Crippen LogP contribution in [-0.2, 0) is 14.8 Å². The first-order valence-electron chi connectivity index (χ1n) is 6.45. The van der Waals surface area contributed by atoms with Gasteiger partial charge in [0.05, 0.1) is 5.41 Å². The number of carboxylic acids is 1. The summed E-state index contributed by atoms with van der Waals surface area (Å²) in [5.74, 6) is -1.03. The molecule has 1 unspecified atom stereocenters. The van der Waals surface area contributed by atoms with Crippen LogP contribution >= 0.6 is 0 Å². The number of aliphatic carboxylic acids is 1. The van der Waals surface area contributed by atoms with Gasteiger partial charge in [-0.1, -0.05) is 6.92 Å². The normalized spacial score (nSPS) is 15.0. The molecule has 0 aromatic carbocycles. The lowest BCUT2D eigenvalue weighted by Gasteiger charge is -2.23. The fourth-order valence-corrected chi connectivity index (χ4v) is 3.17. The van der Waals surface area contributed by atoms with Gasteiger partial charge in [0.2, 0.25) is 10.0 Å². The zero-order valence-corrected chi connectivity index (χ0v) is 12.6. The number of rotatable bonds is 6. The van der Waals surface area contributed by atoms with Crippen LogP contribution in [0.5, 0.6) is 0 Å². The van der Waals surface area contributed by atoms with E-state index in [1.807, 2.05) is 0 Å². The van der Waals surface area contributed by atoms with Crippen LogP contribution in [0.1, 0.15) is 20.3 Å². The molecule has 7 nitrogen and oxygen atoms in total. The average molecular weight is 311 g/mol. The number of sulfonamides is 1. The fourth-order valence-electron chi connectivity index (χ4n) is 1.84. The summed E-state index contributed by atoms with van der Waals surface area (Å²) in [4.78, 5) is 18.1. The van der Waals surface area contributed by atoms with Crippen LogP contribution < -0.4 is 4.72 Å². The van der Waals surface area contributed by atoms with Crippen molar-refractivity contribution in [2.24, 2.45) is 5.41 Å². The second kappa shape index (κ2) is 5.45. The molecule has 21 heavy (non-hydrogen) atoms. The highest BCUT2D eigenvalue weighted by molar-refractivity contribution is 7.89. The minimum Gasteiger partial charge on any atom is -0.481 e. The van der Waals surface area contributed by atoms with Gasteiger partial charge in [-0.25, -0.2) is 18.1 Å². The predicted molar refractivity (Wildman–Crippen MR) is 77.3 cm³/mol. The Bertz CT molecular complexity index is 769. The summed E-state index contributed by atoms with van der Waals surface area (Å²) in [6.07, 6.45) is 3.23. The summed E-state index contributed by atoms with van der Waals surface area (Å²) < 4.78 is 27.1. The van der Waals surface area contributed by atoms with Crippen LogP contribution in [0.4, 0.5) is 0 Å². The summed E-state index contributed by atoms with van der Waals surface area (Å²) in [5.41, 5.74) is -0.674. The van der Waals surface area contributed by atoms with Gasteiger partial charge in [-0.3, -0.25) is 4.79 Å². The number of nitrogens with zero attached hydrogens (tertiary/aromatic N) is 1. The van der Waals surface area contributed by atoms with Gasteiger partial charge in [0.25, 0.3) is 0 Å². The fraction of sp³-hybridized carbons (Fsp3) is 0.385. The number of hydrogen-bond donors (Lipinski definition) is 3. The highest BCUT2D eigenvalue weighted by atomic mass is 32.2. The van der Waals surface area contributed by atoms with Gasteiger partial charge in [-0.05, 0) is 25.5 Å². The van der Waals surface area contributed by atoms with E-state index in [2.05, 4.69) is 14.7 Å². The maximum atomic E-state index is 12.3. The molecule has 0 fully saturated rings. The van der Waals surface area contributed by atoms with E-state index in [-0.39, 0.29) is 11.4 Å². The van der Waals surface area contributed by atoms with E-state index in [9.17, 15) is 18.3 Å². The first kappa shape index (κ1) is 15.5. The first-order valence-corrected chi connectivity index (χ1v) is 7.93. The molecule has 0 aliphatic carbocycles. The number of carbonyl (C=O) groups is 1. The molecule has 114 valence electrons. The van der Waals surface area contributed by atoms with E-state index in [0.717, 1.165) is 0 Å². The first-order chi connectivity index (χ1) is 9.80. The Morgan fingerprint density at radius 3 is 2.86 bits per heavy atom. The summed E-state index contributed by atoms with van der Waals surface area (Å²) >= 11 is 0. The van der Waals surface area contributed by atoms with E-state index in [0.29, 0.717) is 17.5 Å². The minimum atomic E-state index is -3.80. The number of fused-ring (bicyclic) bond motifs is 1. The largest absolute Gasteiger partial charge is 0.481 e. The Hall–Kier alpha value is -1.93. The van der Waals surface area contributed by atoms with Crippen molar-refractivity contribution in [2.75, 3.05) is 6.54 Å². The van der Waals surface area contributed by atoms with Crippen LogP contribution in [-0.4, -0.2) is 36.0 Å². The molecule has 2 aromatic heterocycles. The predicted octanol–water partition coefficient (Wildman–Crippen LogP) is 1.34. The molecule has 0 spiro atoms. The lowest BCUT2D eigenvalue weighted by atomic mass is 9.88.